The second kappa shape index (κ2) is 4.82. The van der Waals surface area contributed by atoms with E-state index in [-0.39, 0.29) is 5.91 Å². The number of carbonyl (C=O) groups excluding carboxylic acids is 1. The molecule has 1 aliphatic carbocycles. The fraction of sp³-hybridized carbons (Fsp3) is 0. The van der Waals surface area contributed by atoms with Gasteiger partial charge in [0.1, 0.15) is 0 Å². The van der Waals surface area contributed by atoms with Gasteiger partial charge in [0.15, 0.2) is 0 Å². The fourth-order valence-electron chi connectivity index (χ4n) is 2.04. The maximum atomic E-state index is 12.0. The quantitative estimate of drug-likeness (QED) is 0.750. The van der Waals surface area contributed by atoms with Crippen molar-refractivity contribution in [3.05, 3.63) is 64.3 Å². The van der Waals surface area contributed by atoms with Gasteiger partial charge in [0, 0.05) is 26.0 Å². The average Bonchev–Trinajstić information content (AvgIpc) is 2.88. The second-order valence-corrected chi connectivity index (χ2v) is 5.81. The third-order valence-corrected chi connectivity index (χ3v) is 3.90. The van der Waals surface area contributed by atoms with E-state index in [9.17, 15) is 4.79 Å². The molecule has 5 radical (unpaired) electrons. The van der Waals surface area contributed by atoms with Crippen molar-refractivity contribution in [3.8, 4) is 0 Å². The lowest BCUT2D eigenvalue weighted by atomic mass is 10.00. The number of fused-ring (bicyclic) bond motifs is 1. The third-order valence-electron chi connectivity index (χ3n) is 2.82. The average molecular weight is 366 g/mol. The van der Waals surface area contributed by atoms with Crippen molar-refractivity contribution in [2.75, 3.05) is 5.32 Å². The zero-order chi connectivity index (χ0) is 12.7. The van der Waals surface area contributed by atoms with Crippen LogP contribution in [0.3, 0.4) is 0 Å². The molecule has 1 fully saturated rings. The molecule has 1 saturated carbocycles. The number of amides is 1. The largest absolute Gasteiger partial charge is 0.321 e. The van der Waals surface area contributed by atoms with Crippen LogP contribution in [0.1, 0.15) is 5.56 Å². The molecule has 1 aromatic rings. The topological polar surface area (TPSA) is 29.1 Å². The van der Waals surface area contributed by atoms with E-state index in [0.29, 0.717) is 5.57 Å². The number of nitrogens with one attached hydrogen (secondary N) is 1. The summed E-state index contributed by atoms with van der Waals surface area (Å²) < 4.78 is 1.84. The third kappa shape index (κ3) is 2.16. The molecular weight excluding hydrogens is 358 g/mol. The molecule has 1 heterocycles. The minimum atomic E-state index is -0.0648. The van der Waals surface area contributed by atoms with Gasteiger partial charge in [-0.25, -0.2) is 0 Å². The maximum Gasteiger partial charge on any atom is 0.256 e. The van der Waals surface area contributed by atoms with Crippen molar-refractivity contribution < 1.29 is 4.79 Å². The van der Waals surface area contributed by atoms with Crippen LogP contribution in [0.25, 0.3) is 5.57 Å². The van der Waals surface area contributed by atoms with Gasteiger partial charge in [0.25, 0.3) is 5.91 Å². The number of hydrogen-bond acceptors (Lipinski definition) is 1. The monoisotopic (exact) mass is 364 g/mol. The van der Waals surface area contributed by atoms with Crippen molar-refractivity contribution in [3.63, 3.8) is 0 Å². The molecule has 0 aromatic heterocycles. The fourth-order valence-corrected chi connectivity index (χ4v) is 3.48. The Bertz CT molecular complexity index is 545. The summed E-state index contributed by atoms with van der Waals surface area (Å²) in [6, 6.07) is 3.85. The number of benzene rings is 1. The number of halogens is 2. The van der Waals surface area contributed by atoms with E-state index in [1.54, 1.807) is 0 Å². The van der Waals surface area contributed by atoms with Gasteiger partial charge in [-0.2, -0.15) is 0 Å². The van der Waals surface area contributed by atoms with E-state index in [4.69, 9.17) is 0 Å². The Morgan fingerprint density at radius 1 is 1.11 bits per heavy atom. The highest BCUT2D eigenvalue weighted by Crippen LogP contribution is 2.41. The van der Waals surface area contributed by atoms with Gasteiger partial charge in [-0.3, -0.25) is 4.79 Å². The summed E-state index contributed by atoms with van der Waals surface area (Å²) in [6.45, 7) is 0. The van der Waals surface area contributed by atoms with E-state index < -0.39 is 0 Å². The normalized spacial score (nSPS) is 21.4. The van der Waals surface area contributed by atoms with Crippen LogP contribution in [0.15, 0.2) is 27.2 Å². The Hall–Kier alpha value is -0.610. The number of allylic oxidation sites excluding steroid dienone is 1. The van der Waals surface area contributed by atoms with Gasteiger partial charge >= 0.3 is 0 Å². The summed E-state index contributed by atoms with van der Waals surface area (Å²) in [7, 11) is 0. The molecule has 1 amide bonds. The molecule has 1 N–H and O–H groups in total. The van der Waals surface area contributed by atoms with Crippen LogP contribution in [0.5, 0.6) is 0 Å². The van der Waals surface area contributed by atoms with E-state index in [0.717, 1.165) is 26.1 Å². The van der Waals surface area contributed by atoms with Crippen molar-refractivity contribution in [1.82, 2.24) is 0 Å². The van der Waals surface area contributed by atoms with Crippen molar-refractivity contribution >= 4 is 49.0 Å². The predicted molar refractivity (Wildman–Crippen MR) is 78.9 cm³/mol. The first-order chi connectivity index (χ1) is 8.65. The SMILES string of the molecule is O=C1Nc2cc(Br)cc(Br)c2/C1=C\[C]1[CH][CH][CH][CH]1. The van der Waals surface area contributed by atoms with E-state index in [1.807, 2.05) is 43.9 Å². The molecule has 0 saturated heterocycles. The minimum absolute atomic E-state index is 0.0648. The lowest BCUT2D eigenvalue weighted by Gasteiger charge is -2.05. The smallest absolute Gasteiger partial charge is 0.256 e. The minimum Gasteiger partial charge on any atom is -0.321 e. The standard InChI is InChI=1S/C14H8Br2NO/c15-9-6-11(16)13-10(5-8-3-1-2-4-8)14(18)17-12(13)7-9/h1-7H,(H,17,18)/b10-5+. The van der Waals surface area contributed by atoms with Gasteiger partial charge in [-0.15, -0.1) is 0 Å². The van der Waals surface area contributed by atoms with Gasteiger partial charge in [-0.05, 0) is 37.8 Å². The zero-order valence-electron chi connectivity index (χ0n) is 9.21. The molecule has 1 aromatic carbocycles. The number of carbonyl (C=O) groups is 1. The molecule has 0 unspecified atom stereocenters. The van der Waals surface area contributed by atoms with Crippen LogP contribution >= 0.6 is 31.9 Å². The summed E-state index contributed by atoms with van der Waals surface area (Å²) in [4.78, 5) is 12.0. The number of rotatable bonds is 1. The van der Waals surface area contributed by atoms with Crippen LogP contribution < -0.4 is 5.32 Å². The van der Waals surface area contributed by atoms with Crippen LogP contribution in [-0.2, 0) is 4.79 Å². The maximum absolute atomic E-state index is 12.0. The van der Waals surface area contributed by atoms with Gasteiger partial charge < -0.3 is 5.32 Å². The van der Waals surface area contributed by atoms with E-state index in [2.05, 4.69) is 37.2 Å². The molecule has 0 spiro atoms. The summed E-state index contributed by atoms with van der Waals surface area (Å²) in [6.07, 6.45) is 9.77. The molecule has 4 heteroatoms. The van der Waals surface area contributed by atoms with Crippen LogP contribution in [0.4, 0.5) is 5.69 Å². The van der Waals surface area contributed by atoms with Crippen LogP contribution in [0, 0.1) is 31.6 Å². The zero-order valence-corrected chi connectivity index (χ0v) is 12.4. The molecule has 2 nitrogen and oxygen atoms in total. The second-order valence-electron chi connectivity index (χ2n) is 4.04. The highest BCUT2D eigenvalue weighted by molar-refractivity contribution is 9.11. The Morgan fingerprint density at radius 2 is 1.83 bits per heavy atom. The predicted octanol–water partition coefficient (Wildman–Crippen LogP) is 3.95. The lowest BCUT2D eigenvalue weighted by Crippen LogP contribution is -2.04. The molecule has 3 rings (SSSR count). The molecule has 89 valence electrons. The Morgan fingerprint density at radius 3 is 2.56 bits per heavy atom. The Kier molecular flexibility index (Phi) is 3.32. The van der Waals surface area contributed by atoms with Crippen molar-refractivity contribution in [2.45, 2.75) is 0 Å². The summed E-state index contributed by atoms with van der Waals surface area (Å²) in [5.41, 5.74) is 2.44. The van der Waals surface area contributed by atoms with Crippen molar-refractivity contribution in [1.29, 1.82) is 0 Å². The molecule has 2 aliphatic rings. The molecule has 0 bridgehead atoms. The summed E-state index contributed by atoms with van der Waals surface area (Å²) in [5, 5.41) is 2.87. The van der Waals surface area contributed by atoms with Crippen molar-refractivity contribution in [2.24, 2.45) is 0 Å². The highest BCUT2D eigenvalue weighted by atomic mass is 79.9. The van der Waals surface area contributed by atoms with Crippen LogP contribution in [0.2, 0.25) is 0 Å². The first-order valence-electron chi connectivity index (χ1n) is 5.39. The Labute approximate surface area is 123 Å². The Balaban J connectivity index is 2.05. The van der Waals surface area contributed by atoms with E-state index >= 15 is 0 Å². The van der Waals surface area contributed by atoms with Crippen LogP contribution in [-0.4, -0.2) is 5.91 Å². The highest BCUT2D eigenvalue weighted by Gasteiger charge is 2.28. The van der Waals surface area contributed by atoms with E-state index in [1.165, 1.54) is 0 Å². The lowest BCUT2D eigenvalue weighted by molar-refractivity contribution is -0.110. The summed E-state index contributed by atoms with van der Waals surface area (Å²) >= 11 is 6.92. The molecule has 0 atom stereocenters. The summed E-state index contributed by atoms with van der Waals surface area (Å²) in [5.74, 6) is 0.966. The molecular formula is C14H8Br2NO. The number of hydrogen-bond donors (Lipinski definition) is 1. The number of anilines is 1. The first-order valence-corrected chi connectivity index (χ1v) is 6.98. The van der Waals surface area contributed by atoms with Gasteiger partial charge in [0.2, 0.25) is 0 Å². The molecule has 18 heavy (non-hydrogen) atoms. The first kappa shape index (κ1) is 12.4. The molecule has 1 aliphatic heterocycles. The van der Waals surface area contributed by atoms with Gasteiger partial charge in [-0.1, -0.05) is 37.9 Å². The van der Waals surface area contributed by atoms with Gasteiger partial charge in [0.05, 0.1) is 5.69 Å².